The Labute approximate surface area is 153 Å². The summed E-state index contributed by atoms with van der Waals surface area (Å²) < 4.78 is 0. The number of β-amino-alcohol motifs (C(OH)–C–C–N with tert-alkyl or cyclic N) is 1. The van der Waals surface area contributed by atoms with Crippen molar-refractivity contribution in [3.05, 3.63) is 22.8 Å². The number of amides is 2. The molecule has 0 bridgehead atoms. The first-order valence-corrected chi connectivity index (χ1v) is 9.21. The lowest BCUT2D eigenvalue weighted by molar-refractivity contribution is -0.154. The van der Waals surface area contributed by atoms with Gasteiger partial charge in [0.15, 0.2) is 0 Å². The van der Waals surface area contributed by atoms with Crippen LogP contribution in [0.25, 0.3) is 0 Å². The summed E-state index contributed by atoms with van der Waals surface area (Å²) in [4.78, 5) is 38.4. The second kappa shape index (κ2) is 6.05. The zero-order valence-electron chi connectivity index (χ0n) is 15.8. The van der Waals surface area contributed by atoms with E-state index in [1.54, 1.807) is 0 Å². The fraction of sp³-hybridized carbons (Fsp3) is 0.650. The normalized spacial score (nSPS) is 31.0. The highest BCUT2D eigenvalue weighted by atomic mass is 16.4. The first-order chi connectivity index (χ1) is 12.1. The lowest BCUT2D eigenvalue weighted by Gasteiger charge is -2.26. The minimum absolute atomic E-state index is 0.270. The molecule has 1 aliphatic heterocycles. The van der Waals surface area contributed by atoms with E-state index in [1.165, 1.54) is 0 Å². The Hall–Kier alpha value is -1.95. The molecule has 0 aromatic rings. The number of rotatable bonds is 5. The third-order valence-electron chi connectivity index (χ3n) is 6.46. The molecule has 6 heteroatoms. The Morgan fingerprint density at radius 2 is 1.69 bits per heavy atom. The summed E-state index contributed by atoms with van der Waals surface area (Å²) in [7, 11) is 0. The van der Waals surface area contributed by atoms with Crippen molar-refractivity contribution in [2.24, 2.45) is 16.7 Å². The van der Waals surface area contributed by atoms with Crippen LogP contribution < -0.4 is 0 Å². The summed E-state index contributed by atoms with van der Waals surface area (Å²) in [5.74, 6) is -2.15. The molecule has 3 rings (SSSR count). The molecule has 0 aromatic carbocycles. The summed E-state index contributed by atoms with van der Waals surface area (Å²) in [6.07, 6.45) is 3.48. The van der Waals surface area contributed by atoms with Gasteiger partial charge in [-0.1, -0.05) is 25.5 Å². The Morgan fingerprint density at radius 1 is 1.19 bits per heavy atom. The van der Waals surface area contributed by atoms with Crippen LogP contribution in [0.15, 0.2) is 22.8 Å². The predicted molar refractivity (Wildman–Crippen MR) is 95.0 cm³/mol. The summed E-state index contributed by atoms with van der Waals surface area (Å²) in [6, 6.07) is 0. The van der Waals surface area contributed by atoms with Gasteiger partial charge in [0.05, 0.1) is 12.6 Å². The number of imide groups is 1. The molecule has 6 nitrogen and oxygen atoms in total. The highest BCUT2D eigenvalue weighted by molar-refractivity contribution is 6.19. The van der Waals surface area contributed by atoms with E-state index in [0.29, 0.717) is 24.0 Å². The van der Waals surface area contributed by atoms with E-state index in [-0.39, 0.29) is 24.3 Å². The van der Waals surface area contributed by atoms with Crippen LogP contribution in [0.1, 0.15) is 53.4 Å². The Morgan fingerprint density at radius 3 is 2.12 bits per heavy atom. The second-order valence-electron chi connectivity index (χ2n) is 8.52. The summed E-state index contributed by atoms with van der Waals surface area (Å²) in [5, 5.41) is 20.8. The Kier molecular flexibility index (Phi) is 4.38. The third kappa shape index (κ3) is 2.38. The van der Waals surface area contributed by atoms with Crippen LogP contribution in [0.2, 0.25) is 0 Å². The molecule has 2 amide bonds. The van der Waals surface area contributed by atoms with Gasteiger partial charge in [-0.15, -0.1) is 0 Å². The number of carbonyl (C=O) groups excluding carboxylic acids is 2. The van der Waals surface area contributed by atoms with E-state index < -0.39 is 22.9 Å². The van der Waals surface area contributed by atoms with Crippen molar-refractivity contribution >= 4 is 17.8 Å². The maximum absolute atomic E-state index is 12.6. The SMILES string of the molecule is CC(C)=C[C@H]1C(C)(C)[C@]1(C(=O)O)[C@H](O)CN1C(=O)C2=C(CCCC2)C1=O. The maximum atomic E-state index is 12.6. The van der Waals surface area contributed by atoms with Gasteiger partial charge in [-0.3, -0.25) is 19.3 Å². The number of carboxylic acid groups (broad SMARTS) is 1. The van der Waals surface area contributed by atoms with E-state index in [4.69, 9.17) is 0 Å². The van der Waals surface area contributed by atoms with Crippen molar-refractivity contribution in [1.82, 2.24) is 4.90 Å². The molecule has 3 aliphatic rings. The van der Waals surface area contributed by atoms with Crippen LogP contribution in [0, 0.1) is 16.7 Å². The fourth-order valence-corrected chi connectivity index (χ4v) is 4.98. The smallest absolute Gasteiger partial charge is 0.313 e. The Balaban J connectivity index is 1.86. The van der Waals surface area contributed by atoms with Crippen LogP contribution in [0.5, 0.6) is 0 Å². The van der Waals surface area contributed by atoms with Gasteiger partial charge in [-0.2, -0.15) is 0 Å². The van der Waals surface area contributed by atoms with Crippen molar-refractivity contribution < 1.29 is 24.6 Å². The van der Waals surface area contributed by atoms with Crippen molar-refractivity contribution in [3.63, 3.8) is 0 Å². The van der Waals surface area contributed by atoms with Gasteiger partial charge >= 0.3 is 5.97 Å². The quantitative estimate of drug-likeness (QED) is 0.579. The van der Waals surface area contributed by atoms with Gasteiger partial charge < -0.3 is 10.2 Å². The average molecular weight is 361 g/mol. The van der Waals surface area contributed by atoms with Crippen LogP contribution in [-0.2, 0) is 14.4 Å². The molecule has 1 heterocycles. The van der Waals surface area contributed by atoms with Gasteiger partial charge in [0.1, 0.15) is 5.41 Å². The molecule has 142 valence electrons. The second-order valence-corrected chi connectivity index (χ2v) is 8.52. The van der Waals surface area contributed by atoms with E-state index >= 15 is 0 Å². The molecule has 0 radical (unpaired) electrons. The lowest BCUT2D eigenvalue weighted by atomic mass is 9.89. The molecular formula is C20H27NO5. The van der Waals surface area contributed by atoms with Crippen molar-refractivity contribution in [1.29, 1.82) is 0 Å². The monoisotopic (exact) mass is 361 g/mol. The molecule has 26 heavy (non-hydrogen) atoms. The van der Waals surface area contributed by atoms with Gasteiger partial charge in [-0.05, 0) is 44.9 Å². The lowest BCUT2D eigenvalue weighted by Crippen LogP contribution is -2.46. The van der Waals surface area contributed by atoms with Crippen molar-refractivity contribution in [2.45, 2.75) is 59.5 Å². The van der Waals surface area contributed by atoms with Crippen LogP contribution in [0.4, 0.5) is 0 Å². The van der Waals surface area contributed by atoms with Gasteiger partial charge in [0.25, 0.3) is 11.8 Å². The molecule has 2 aliphatic carbocycles. The third-order valence-corrected chi connectivity index (χ3v) is 6.46. The largest absolute Gasteiger partial charge is 0.481 e. The Bertz CT molecular complexity index is 715. The molecular weight excluding hydrogens is 334 g/mol. The standard InChI is InChI=1S/C20H27NO5/c1-11(2)9-14-19(3,4)20(14,18(25)26)15(22)10-21-16(23)12-7-5-6-8-13(12)17(21)24/h9,14-15,22H,5-8,10H2,1-4H3,(H,25,26)/t14-,15+,20-/m0/s1. The first-order valence-electron chi connectivity index (χ1n) is 9.21. The molecule has 2 N–H and O–H groups in total. The molecule has 0 saturated heterocycles. The zero-order valence-corrected chi connectivity index (χ0v) is 15.8. The number of allylic oxidation sites excluding steroid dienone is 2. The van der Waals surface area contributed by atoms with E-state index in [9.17, 15) is 24.6 Å². The zero-order chi connectivity index (χ0) is 19.4. The fourth-order valence-electron chi connectivity index (χ4n) is 4.98. The van der Waals surface area contributed by atoms with Gasteiger partial charge in [-0.25, -0.2) is 0 Å². The molecule has 0 spiro atoms. The molecule has 1 saturated carbocycles. The predicted octanol–water partition coefficient (Wildman–Crippen LogP) is 2.28. The van der Waals surface area contributed by atoms with E-state index in [1.807, 2.05) is 33.8 Å². The molecule has 0 unspecified atom stereocenters. The molecule has 1 fully saturated rings. The van der Waals surface area contributed by atoms with Gasteiger partial charge in [0.2, 0.25) is 0 Å². The number of aliphatic hydroxyl groups is 1. The maximum Gasteiger partial charge on any atom is 0.313 e. The molecule has 0 aromatic heterocycles. The number of nitrogens with zero attached hydrogens (tertiary/aromatic N) is 1. The van der Waals surface area contributed by atoms with Crippen molar-refractivity contribution in [2.75, 3.05) is 6.54 Å². The van der Waals surface area contributed by atoms with Gasteiger partial charge in [0, 0.05) is 17.1 Å². The summed E-state index contributed by atoms with van der Waals surface area (Å²) >= 11 is 0. The number of carbonyl (C=O) groups is 3. The van der Waals surface area contributed by atoms with Crippen LogP contribution in [0.3, 0.4) is 0 Å². The van der Waals surface area contributed by atoms with E-state index in [0.717, 1.165) is 23.3 Å². The average Bonchev–Trinajstić information content (AvgIpc) is 2.95. The minimum Gasteiger partial charge on any atom is -0.481 e. The number of aliphatic hydroxyl groups excluding tert-OH is 1. The van der Waals surface area contributed by atoms with Crippen LogP contribution in [-0.4, -0.2) is 45.5 Å². The van der Waals surface area contributed by atoms with Crippen LogP contribution >= 0.6 is 0 Å². The number of carboxylic acids is 1. The van der Waals surface area contributed by atoms with E-state index in [2.05, 4.69) is 0 Å². The number of hydrogen-bond donors (Lipinski definition) is 2. The number of aliphatic carboxylic acids is 1. The molecule has 3 atom stereocenters. The minimum atomic E-state index is -1.39. The summed E-state index contributed by atoms with van der Waals surface area (Å²) in [5.41, 5.74) is 0.0220. The first kappa shape index (κ1) is 18.8. The summed E-state index contributed by atoms with van der Waals surface area (Å²) in [6.45, 7) is 7.13. The van der Waals surface area contributed by atoms with Crippen molar-refractivity contribution in [3.8, 4) is 0 Å². The topological polar surface area (TPSA) is 94.9 Å². The number of hydrogen-bond acceptors (Lipinski definition) is 4. The highest BCUT2D eigenvalue weighted by Crippen LogP contribution is 2.71. The highest BCUT2D eigenvalue weighted by Gasteiger charge is 2.78.